The fourth-order valence-electron chi connectivity index (χ4n) is 2.87. The van der Waals surface area contributed by atoms with Crippen LogP contribution in [0.1, 0.15) is 37.8 Å². The number of hydrogen-bond acceptors (Lipinski definition) is 2. The Hall–Kier alpha value is -1.55. The van der Waals surface area contributed by atoms with Crippen LogP contribution in [0.5, 0.6) is 0 Å². The highest BCUT2D eigenvalue weighted by atomic mass is 35.5. The van der Waals surface area contributed by atoms with Gasteiger partial charge in [0, 0.05) is 18.0 Å². The number of nitrogens with zero attached hydrogens (tertiary/aromatic N) is 1. The van der Waals surface area contributed by atoms with E-state index in [-0.39, 0.29) is 23.8 Å². The first-order chi connectivity index (χ1) is 9.90. The fraction of sp³-hybridized carbons (Fsp3) is 0.500. The summed E-state index contributed by atoms with van der Waals surface area (Å²) in [6.07, 6.45) is 1.70. The molecule has 1 aromatic rings. The predicted molar refractivity (Wildman–Crippen MR) is 81.1 cm³/mol. The first-order valence-corrected chi connectivity index (χ1v) is 7.53. The number of carbonyl (C=O) groups is 2. The number of benzene rings is 1. The molecular weight excluding hydrogens is 290 g/mol. The van der Waals surface area contributed by atoms with E-state index in [9.17, 15) is 9.59 Å². The lowest BCUT2D eigenvalue weighted by molar-refractivity contribution is -0.141. The molecule has 0 radical (unpaired) electrons. The summed E-state index contributed by atoms with van der Waals surface area (Å²) in [5, 5.41) is 9.69. The summed E-state index contributed by atoms with van der Waals surface area (Å²) in [6, 6.07) is 7.37. The van der Waals surface area contributed by atoms with Gasteiger partial charge in [0.05, 0.1) is 12.0 Å². The van der Waals surface area contributed by atoms with Crippen molar-refractivity contribution in [2.45, 2.75) is 32.2 Å². The van der Waals surface area contributed by atoms with Crippen LogP contribution in [0, 0.1) is 11.8 Å². The molecule has 21 heavy (non-hydrogen) atoms. The van der Waals surface area contributed by atoms with Crippen molar-refractivity contribution in [2.24, 2.45) is 11.8 Å². The Morgan fingerprint density at radius 1 is 1.24 bits per heavy atom. The molecular formula is C16H20ClNO3. The molecule has 5 heteroatoms. The van der Waals surface area contributed by atoms with Crippen LogP contribution in [0.4, 0.5) is 0 Å². The van der Waals surface area contributed by atoms with E-state index in [1.165, 1.54) is 0 Å². The summed E-state index contributed by atoms with van der Waals surface area (Å²) >= 11 is 5.87. The third kappa shape index (κ3) is 3.56. The molecule has 2 rings (SSSR count). The van der Waals surface area contributed by atoms with Crippen LogP contribution in [0.25, 0.3) is 0 Å². The van der Waals surface area contributed by atoms with Gasteiger partial charge < -0.3 is 10.0 Å². The van der Waals surface area contributed by atoms with Gasteiger partial charge in [-0.2, -0.15) is 0 Å². The zero-order chi connectivity index (χ0) is 15.6. The normalized spacial score (nSPS) is 22.8. The van der Waals surface area contributed by atoms with Gasteiger partial charge in [-0.3, -0.25) is 9.59 Å². The van der Waals surface area contributed by atoms with Crippen LogP contribution in [0.3, 0.4) is 0 Å². The molecule has 114 valence electrons. The molecule has 0 bridgehead atoms. The third-order valence-electron chi connectivity index (χ3n) is 4.41. The largest absolute Gasteiger partial charge is 0.481 e. The number of halogens is 1. The molecule has 1 aromatic carbocycles. The molecule has 1 saturated carbocycles. The monoisotopic (exact) mass is 309 g/mol. The van der Waals surface area contributed by atoms with Gasteiger partial charge in [0.1, 0.15) is 0 Å². The van der Waals surface area contributed by atoms with Crippen molar-refractivity contribution >= 4 is 23.5 Å². The lowest BCUT2D eigenvalue weighted by atomic mass is 10.0. The van der Waals surface area contributed by atoms with Crippen molar-refractivity contribution in [1.82, 2.24) is 4.90 Å². The average molecular weight is 310 g/mol. The first kappa shape index (κ1) is 15.8. The second kappa shape index (κ2) is 6.48. The standard InChI is InChI=1S/C16H20ClNO3/c1-10(11-5-7-14(17)8-6-11)18(2)15(19)12-3-4-13(9-12)16(20)21/h5-8,10,12-13H,3-4,9H2,1-2H3,(H,20,21). The molecule has 1 fully saturated rings. The van der Waals surface area contributed by atoms with E-state index in [0.717, 1.165) is 5.56 Å². The summed E-state index contributed by atoms with van der Waals surface area (Å²) in [5.41, 5.74) is 1.02. The fourth-order valence-corrected chi connectivity index (χ4v) is 3.00. The summed E-state index contributed by atoms with van der Waals surface area (Å²) in [6.45, 7) is 1.96. The van der Waals surface area contributed by atoms with Crippen LogP contribution < -0.4 is 0 Å². The molecule has 0 aliphatic heterocycles. The van der Waals surface area contributed by atoms with E-state index in [1.54, 1.807) is 11.9 Å². The summed E-state index contributed by atoms with van der Waals surface area (Å²) < 4.78 is 0. The molecule has 0 aromatic heterocycles. The molecule has 0 saturated heterocycles. The number of aliphatic carboxylic acids is 1. The highest BCUT2D eigenvalue weighted by Crippen LogP contribution is 2.34. The first-order valence-electron chi connectivity index (χ1n) is 7.15. The topological polar surface area (TPSA) is 57.6 Å². The zero-order valence-corrected chi connectivity index (χ0v) is 13.0. The van der Waals surface area contributed by atoms with Crippen molar-refractivity contribution in [3.8, 4) is 0 Å². The van der Waals surface area contributed by atoms with Crippen LogP contribution in [0.15, 0.2) is 24.3 Å². The quantitative estimate of drug-likeness (QED) is 0.927. The average Bonchev–Trinajstić information content (AvgIpc) is 2.96. The van der Waals surface area contributed by atoms with E-state index in [1.807, 2.05) is 31.2 Å². The van der Waals surface area contributed by atoms with Crippen molar-refractivity contribution in [3.05, 3.63) is 34.9 Å². The highest BCUT2D eigenvalue weighted by molar-refractivity contribution is 6.30. The van der Waals surface area contributed by atoms with E-state index in [2.05, 4.69) is 0 Å². The number of carbonyl (C=O) groups excluding carboxylic acids is 1. The van der Waals surface area contributed by atoms with E-state index >= 15 is 0 Å². The minimum atomic E-state index is -0.793. The molecule has 4 nitrogen and oxygen atoms in total. The van der Waals surface area contributed by atoms with Gasteiger partial charge in [-0.05, 0) is 43.9 Å². The summed E-state index contributed by atoms with van der Waals surface area (Å²) in [5.74, 6) is -1.32. The number of carboxylic acids is 1. The van der Waals surface area contributed by atoms with Gasteiger partial charge >= 0.3 is 5.97 Å². The lowest BCUT2D eigenvalue weighted by Crippen LogP contribution is -2.34. The van der Waals surface area contributed by atoms with Gasteiger partial charge in [0.15, 0.2) is 0 Å². The highest BCUT2D eigenvalue weighted by Gasteiger charge is 2.36. The van der Waals surface area contributed by atoms with Crippen LogP contribution in [-0.4, -0.2) is 28.9 Å². The van der Waals surface area contributed by atoms with E-state index in [0.29, 0.717) is 24.3 Å². The zero-order valence-electron chi connectivity index (χ0n) is 12.3. The maximum atomic E-state index is 12.5. The molecule has 3 atom stereocenters. The Balaban J connectivity index is 2.02. The number of rotatable bonds is 4. The van der Waals surface area contributed by atoms with Crippen molar-refractivity contribution in [3.63, 3.8) is 0 Å². The SMILES string of the molecule is CC(c1ccc(Cl)cc1)N(C)C(=O)C1CCC(C(=O)O)C1. The van der Waals surface area contributed by atoms with Crippen LogP contribution in [-0.2, 0) is 9.59 Å². The smallest absolute Gasteiger partial charge is 0.306 e. The lowest BCUT2D eigenvalue weighted by Gasteiger charge is -2.28. The minimum absolute atomic E-state index is 0.0289. The Kier molecular flexibility index (Phi) is 4.88. The second-order valence-electron chi connectivity index (χ2n) is 5.72. The van der Waals surface area contributed by atoms with Crippen molar-refractivity contribution in [1.29, 1.82) is 0 Å². The second-order valence-corrected chi connectivity index (χ2v) is 6.16. The maximum absolute atomic E-state index is 12.5. The van der Waals surface area contributed by atoms with Crippen molar-refractivity contribution in [2.75, 3.05) is 7.05 Å². The van der Waals surface area contributed by atoms with Gasteiger partial charge in [0.25, 0.3) is 0 Å². The van der Waals surface area contributed by atoms with E-state index < -0.39 is 5.97 Å². The molecule has 1 aliphatic rings. The summed E-state index contributed by atoms with van der Waals surface area (Å²) in [4.78, 5) is 25.2. The predicted octanol–water partition coefficient (Wildman–Crippen LogP) is 3.36. The van der Waals surface area contributed by atoms with Crippen LogP contribution >= 0.6 is 11.6 Å². The number of carboxylic acid groups (broad SMARTS) is 1. The third-order valence-corrected chi connectivity index (χ3v) is 4.66. The molecule has 1 N–H and O–H groups in total. The Morgan fingerprint density at radius 3 is 2.33 bits per heavy atom. The molecule has 3 unspecified atom stereocenters. The van der Waals surface area contributed by atoms with Gasteiger partial charge in [-0.15, -0.1) is 0 Å². The molecule has 0 spiro atoms. The van der Waals surface area contributed by atoms with Gasteiger partial charge in [0.2, 0.25) is 5.91 Å². The molecule has 1 aliphatic carbocycles. The summed E-state index contributed by atoms with van der Waals surface area (Å²) in [7, 11) is 1.77. The maximum Gasteiger partial charge on any atom is 0.306 e. The van der Waals surface area contributed by atoms with Crippen molar-refractivity contribution < 1.29 is 14.7 Å². The molecule has 1 amide bonds. The Morgan fingerprint density at radius 2 is 1.81 bits per heavy atom. The number of hydrogen-bond donors (Lipinski definition) is 1. The molecule has 0 heterocycles. The van der Waals surface area contributed by atoms with E-state index in [4.69, 9.17) is 16.7 Å². The van der Waals surface area contributed by atoms with Crippen LogP contribution in [0.2, 0.25) is 5.02 Å². The Bertz CT molecular complexity index is 529. The number of amides is 1. The Labute approximate surface area is 129 Å². The van der Waals surface area contributed by atoms with Gasteiger partial charge in [-0.1, -0.05) is 23.7 Å². The minimum Gasteiger partial charge on any atom is -0.481 e. The van der Waals surface area contributed by atoms with Gasteiger partial charge in [-0.25, -0.2) is 0 Å².